The van der Waals surface area contributed by atoms with Crippen LogP contribution >= 0.6 is 0 Å². The number of unbranched alkanes of at least 4 members (excludes halogenated alkanes) is 1. The molecule has 0 aromatic carbocycles. The van der Waals surface area contributed by atoms with Crippen LogP contribution in [0.4, 0.5) is 0 Å². The van der Waals surface area contributed by atoms with Gasteiger partial charge in [0, 0.05) is 13.1 Å². The largest absolute Gasteiger partial charge is 0.368 e. The third kappa shape index (κ3) is 5.06. The first-order chi connectivity index (χ1) is 9.39. The Morgan fingerprint density at radius 2 is 1.90 bits per heavy atom. The van der Waals surface area contributed by atoms with Gasteiger partial charge in [0.1, 0.15) is 0 Å². The fraction of sp³-hybridized carbons (Fsp3) is 0.938. The van der Waals surface area contributed by atoms with E-state index in [9.17, 15) is 4.79 Å². The molecule has 1 rings (SSSR count). The van der Waals surface area contributed by atoms with E-state index < -0.39 is 5.54 Å². The lowest BCUT2D eigenvalue weighted by Gasteiger charge is -2.27. The van der Waals surface area contributed by atoms with Gasteiger partial charge in [-0.25, -0.2) is 0 Å². The molecule has 0 spiro atoms. The first kappa shape index (κ1) is 17.4. The topological polar surface area (TPSA) is 58.4 Å². The van der Waals surface area contributed by atoms with E-state index in [2.05, 4.69) is 31.0 Å². The van der Waals surface area contributed by atoms with E-state index in [0.29, 0.717) is 0 Å². The van der Waals surface area contributed by atoms with Gasteiger partial charge in [-0.05, 0) is 57.5 Å². The molecule has 1 amide bonds. The number of carbonyl (C=O) groups is 1. The SMILES string of the molecule is CCCNC(C)(CCCCN1CC(C)C(C)C1)C(N)=O. The fourth-order valence-electron chi connectivity index (χ4n) is 2.95. The number of carbonyl (C=O) groups excluding carboxylic acids is 1. The number of hydrogen-bond acceptors (Lipinski definition) is 3. The summed E-state index contributed by atoms with van der Waals surface area (Å²) in [6.07, 6.45) is 4.05. The molecule has 0 bridgehead atoms. The molecule has 3 atom stereocenters. The van der Waals surface area contributed by atoms with Crippen molar-refractivity contribution in [3.8, 4) is 0 Å². The summed E-state index contributed by atoms with van der Waals surface area (Å²) >= 11 is 0. The molecule has 0 saturated carbocycles. The van der Waals surface area contributed by atoms with Crippen molar-refractivity contribution in [2.24, 2.45) is 17.6 Å². The molecule has 0 radical (unpaired) electrons. The van der Waals surface area contributed by atoms with Crippen molar-refractivity contribution in [1.82, 2.24) is 10.2 Å². The number of likely N-dealkylation sites (tertiary alicyclic amines) is 1. The van der Waals surface area contributed by atoms with Crippen LogP contribution < -0.4 is 11.1 Å². The molecular formula is C16H33N3O. The Morgan fingerprint density at radius 3 is 2.40 bits per heavy atom. The van der Waals surface area contributed by atoms with Gasteiger partial charge >= 0.3 is 0 Å². The van der Waals surface area contributed by atoms with Gasteiger partial charge in [-0.1, -0.05) is 20.8 Å². The maximum absolute atomic E-state index is 11.6. The van der Waals surface area contributed by atoms with E-state index in [-0.39, 0.29) is 5.91 Å². The molecule has 0 aliphatic carbocycles. The van der Waals surface area contributed by atoms with E-state index in [1.54, 1.807) is 0 Å². The Bertz CT molecular complexity index is 298. The fourth-order valence-corrected chi connectivity index (χ4v) is 2.95. The molecule has 1 saturated heterocycles. The quantitative estimate of drug-likeness (QED) is 0.636. The Hall–Kier alpha value is -0.610. The smallest absolute Gasteiger partial charge is 0.237 e. The van der Waals surface area contributed by atoms with Gasteiger partial charge in [0.2, 0.25) is 5.91 Å². The molecule has 1 aliphatic rings. The second kappa shape index (κ2) is 7.99. The molecule has 1 heterocycles. The van der Waals surface area contributed by atoms with Crippen LogP contribution in [0.2, 0.25) is 0 Å². The van der Waals surface area contributed by atoms with Crippen LogP contribution in [0, 0.1) is 11.8 Å². The molecule has 4 nitrogen and oxygen atoms in total. The van der Waals surface area contributed by atoms with Gasteiger partial charge in [-0.2, -0.15) is 0 Å². The lowest BCUT2D eigenvalue weighted by atomic mass is 9.93. The Balaban J connectivity index is 2.26. The summed E-state index contributed by atoms with van der Waals surface area (Å²) in [5.74, 6) is 1.41. The third-order valence-electron chi connectivity index (χ3n) is 4.77. The number of nitrogens with zero attached hydrogens (tertiary/aromatic N) is 1. The highest BCUT2D eigenvalue weighted by atomic mass is 16.1. The summed E-state index contributed by atoms with van der Waals surface area (Å²) in [5, 5.41) is 3.30. The minimum Gasteiger partial charge on any atom is -0.368 e. The number of amides is 1. The molecule has 20 heavy (non-hydrogen) atoms. The zero-order valence-electron chi connectivity index (χ0n) is 13.7. The monoisotopic (exact) mass is 283 g/mol. The lowest BCUT2D eigenvalue weighted by molar-refractivity contribution is -0.124. The van der Waals surface area contributed by atoms with Crippen molar-refractivity contribution in [3.63, 3.8) is 0 Å². The average molecular weight is 283 g/mol. The molecule has 4 heteroatoms. The highest BCUT2D eigenvalue weighted by molar-refractivity contribution is 5.84. The standard InChI is InChI=1S/C16H33N3O/c1-5-9-18-16(4,15(17)20)8-6-7-10-19-11-13(2)14(3)12-19/h13-14,18H,5-12H2,1-4H3,(H2,17,20). The van der Waals surface area contributed by atoms with Gasteiger partial charge in [0.05, 0.1) is 5.54 Å². The summed E-state index contributed by atoms with van der Waals surface area (Å²) in [4.78, 5) is 14.2. The normalized spacial score (nSPS) is 26.6. The van der Waals surface area contributed by atoms with Crippen LogP contribution in [-0.4, -0.2) is 42.5 Å². The maximum atomic E-state index is 11.6. The van der Waals surface area contributed by atoms with Crippen LogP contribution in [-0.2, 0) is 4.79 Å². The highest BCUT2D eigenvalue weighted by Crippen LogP contribution is 2.22. The van der Waals surface area contributed by atoms with Gasteiger partial charge in [0.15, 0.2) is 0 Å². The molecular weight excluding hydrogens is 250 g/mol. The second-order valence-corrected chi connectivity index (χ2v) is 6.79. The first-order valence-electron chi connectivity index (χ1n) is 8.16. The van der Waals surface area contributed by atoms with Crippen LogP contribution in [0.5, 0.6) is 0 Å². The molecule has 3 N–H and O–H groups in total. The van der Waals surface area contributed by atoms with Crippen LogP contribution in [0.15, 0.2) is 0 Å². The zero-order chi connectivity index (χ0) is 15.2. The second-order valence-electron chi connectivity index (χ2n) is 6.79. The number of hydrogen-bond donors (Lipinski definition) is 2. The van der Waals surface area contributed by atoms with E-state index in [1.165, 1.54) is 13.1 Å². The van der Waals surface area contributed by atoms with Crippen molar-refractivity contribution in [2.75, 3.05) is 26.2 Å². The number of rotatable bonds is 9. The molecule has 0 aromatic heterocycles. The molecule has 1 fully saturated rings. The van der Waals surface area contributed by atoms with Crippen molar-refractivity contribution >= 4 is 5.91 Å². The van der Waals surface area contributed by atoms with E-state index in [1.807, 2.05) is 6.92 Å². The number of primary amides is 1. The zero-order valence-corrected chi connectivity index (χ0v) is 13.7. The first-order valence-corrected chi connectivity index (χ1v) is 8.16. The summed E-state index contributed by atoms with van der Waals surface area (Å²) < 4.78 is 0. The van der Waals surface area contributed by atoms with Crippen LogP contribution in [0.3, 0.4) is 0 Å². The van der Waals surface area contributed by atoms with Crippen molar-refractivity contribution in [3.05, 3.63) is 0 Å². The van der Waals surface area contributed by atoms with Crippen LogP contribution in [0.25, 0.3) is 0 Å². The van der Waals surface area contributed by atoms with Gasteiger partial charge in [-0.15, -0.1) is 0 Å². The average Bonchev–Trinajstić information content (AvgIpc) is 2.71. The molecule has 1 aliphatic heterocycles. The minimum absolute atomic E-state index is 0.227. The van der Waals surface area contributed by atoms with Crippen molar-refractivity contribution in [2.45, 2.75) is 58.9 Å². The van der Waals surface area contributed by atoms with E-state index in [4.69, 9.17) is 5.73 Å². The van der Waals surface area contributed by atoms with E-state index in [0.717, 1.165) is 50.6 Å². The Labute approximate surface area is 124 Å². The molecule has 3 unspecified atom stereocenters. The minimum atomic E-state index is -0.540. The Morgan fingerprint density at radius 1 is 1.30 bits per heavy atom. The Kier molecular flexibility index (Phi) is 6.96. The lowest BCUT2D eigenvalue weighted by Crippen LogP contribution is -2.53. The van der Waals surface area contributed by atoms with E-state index >= 15 is 0 Å². The van der Waals surface area contributed by atoms with Crippen molar-refractivity contribution in [1.29, 1.82) is 0 Å². The molecule has 0 aromatic rings. The summed E-state index contributed by atoms with van der Waals surface area (Å²) in [6, 6.07) is 0. The van der Waals surface area contributed by atoms with Gasteiger partial charge in [-0.3, -0.25) is 4.79 Å². The number of nitrogens with two attached hydrogens (primary N) is 1. The van der Waals surface area contributed by atoms with Gasteiger partial charge in [0.25, 0.3) is 0 Å². The molecule has 118 valence electrons. The highest BCUT2D eigenvalue weighted by Gasteiger charge is 2.30. The predicted octanol–water partition coefficient (Wildman–Crippen LogP) is 1.99. The summed E-state index contributed by atoms with van der Waals surface area (Å²) in [5.41, 5.74) is 5.00. The van der Waals surface area contributed by atoms with Gasteiger partial charge < -0.3 is 16.0 Å². The summed E-state index contributed by atoms with van der Waals surface area (Å²) in [6.45, 7) is 13.2. The maximum Gasteiger partial charge on any atom is 0.237 e. The summed E-state index contributed by atoms with van der Waals surface area (Å²) in [7, 11) is 0. The van der Waals surface area contributed by atoms with Crippen LogP contribution in [0.1, 0.15) is 53.4 Å². The predicted molar refractivity (Wildman–Crippen MR) is 84.5 cm³/mol. The number of nitrogens with one attached hydrogen (secondary N) is 1. The third-order valence-corrected chi connectivity index (χ3v) is 4.77. The van der Waals surface area contributed by atoms with Crippen molar-refractivity contribution < 1.29 is 4.79 Å².